The molecule has 132 valence electrons. The first-order valence-corrected chi connectivity index (χ1v) is 9.82. The van der Waals surface area contributed by atoms with Gasteiger partial charge in [0, 0.05) is 17.7 Å². The van der Waals surface area contributed by atoms with Crippen molar-refractivity contribution in [2.24, 2.45) is 0 Å². The molecule has 26 heavy (non-hydrogen) atoms. The van der Waals surface area contributed by atoms with Crippen molar-refractivity contribution in [3.63, 3.8) is 0 Å². The van der Waals surface area contributed by atoms with Gasteiger partial charge in [-0.25, -0.2) is 0 Å². The molecule has 0 spiro atoms. The minimum Gasteiger partial charge on any atom is -0.347 e. The van der Waals surface area contributed by atoms with Gasteiger partial charge in [-0.15, -0.1) is 11.3 Å². The van der Waals surface area contributed by atoms with Crippen molar-refractivity contribution >= 4 is 17.2 Å². The molecule has 3 aromatic rings. The van der Waals surface area contributed by atoms with Crippen LogP contribution in [0.3, 0.4) is 0 Å². The van der Waals surface area contributed by atoms with Crippen LogP contribution in [-0.2, 0) is 26.2 Å². The number of hydrogen-bond acceptors (Lipinski definition) is 2. The Morgan fingerprint density at radius 1 is 1.04 bits per heavy atom. The molecule has 2 N–H and O–H groups in total. The lowest BCUT2D eigenvalue weighted by Crippen LogP contribution is -3.06. The molecule has 3 nitrogen and oxygen atoms in total. The molecule has 2 heterocycles. The normalized spacial score (nSPS) is 15.7. The monoisotopic (exact) mass is 363 g/mol. The summed E-state index contributed by atoms with van der Waals surface area (Å²) in [6.07, 6.45) is 0. The second kappa shape index (κ2) is 7.44. The van der Waals surface area contributed by atoms with Gasteiger partial charge in [-0.05, 0) is 18.6 Å². The van der Waals surface area contributed by atoms with E-state index in [1.807, 2.05) is 0 Å². The Bertz CT molecular complexity index is 876. The molecule has 2 aromatic carbocycles. The minimum absolute atomic E-state index is 0.0367. The van der Waals surface area contributed by atoms with E-state index in [0.29, 0.717) is 6.54 Å². The molecule has 1 amide bonds. The van der Waals surface area contributed by atoms with Crippen molar-refractivity contribution in [2.75, 3.05) is 0 Å². The number of thiophene rings is 1. The van der Waals surface area contributed by atoms with Crippen LogP contribution in [0.25, 0.3) is 0 Å². The van der Waals surface area contributed by atoms with Crippen LogP contribution in [0.1, 0.15) is 36.8 Å². The van der Waals surface area contributed by atoms with Crippen molar-refractivity contribution in [1.82, 2.24) is 5.32 Å². The summed E-state index contributed by atoms with van der Waals surface area (Å²) < 4.78 is 0. The molecule has 1 aliphatic rings. The topological polar surface area (TPSA) is 33.5 Å². The summed E-state index contributed by atoms with van der Waals surface area (Å²) in [4.78, 5) is 16.2. The largest absolute Gasteiger partial charge is 0.347 e. The van der Waals surface area contributed by atoms with E-state index in [2.05, 4.69) is 72.9 Å². The van der Waals surface area contributed by atoms with E-state index in [1.165, 1.54) is 21.6 Å². The van der Waals surface area contributed by atoms with Crippen LogP contribution in [-0.4, -0.2) is 5.91 Å². The number of nitrogens with one attached hydrogen (secondary N) is 2. The fourth-order valence-corrected chi connectivity index (χ4v) is 4.59. The van der Waals surface area contributed by atoms with Gasteiger partial charge in [-0.2, -0.15) is 0 Å². The van der Waals surface area contributed by atoms with Crippen LogP contribution in [0, 0.1) is 6.92 Å². The van der Waals surface area contributed by atoms with Crippen LogP contribution in [0.2, 0.25) is 0 Å². The van der Waals surface area contributed by atoms with Gasteiger partial charge in [-0.3, -0.25) is 4.79 Å². The number of benzene rings is 2. The summed E-state index contributed by atoms with van der Waals surface area (Å²) in [5.74, 6) is 0.0367. The lowest BCUT2D eigenvalue weighted by atomic mass is 10.1. The van der Waals surface area contributed by atoms with Crippen LogP contribution < -0.4 is 10.2 Å². The second-order valence-electron chi connectivity index (χ2n) is 6.99. The second-order valence-corrected chi connectivity index (χ2v) is 8.13. The highest BCUT2D eigenvalue weighted by molar-refractivity contribution is 7.14. The number of carbonyl (C=O) groups excluding carboxylic acids is 1. The Morgan fingerprint density at radius 3 is 2.54 bits per heavy atom. The zero-order valence-corrected chi connectivity index (χ0v) is 15.7. The maximum atomic E-state index is 12.5. The first-order valence-electron chi connectivity index (χ1n) is 9.00. The lowest BCUT2D eigenvalue weighted by molar-refractivity contribution is -0.934. The first kappa shape index (κ1) is 17.0. The van der Waals surface area contributed by atoms with E-state index in [-0.39, 0.29) is 5.91 Å². The van der Waals surface area contributed by atoms with Crippen molar-refractivity contribution in [2.45, 2.75) is 33.1 Å². The van der Waals surface area contributed by atoms with E-state index >= 15 is 0 Å². The number of carbonyl (C=O) groups is 1. The lowest BCUT2D eigenvalue weighted by Gasteiger charge is -2.12. The number of hydrogen-bond donors (Lipinski definition) is 2. The number of quaternary nitrogens is 1. The van der Waals surface area contributed by atoms with Crippen LogP contribution in [0.4, 0.5) is 0 Å². The standard InChI is InChI=1S/C22H22N2OS/c1-16-7-9-17(10-8-16)12-23-22(25)20-11-19-14-24(15-21(19)26-20)13-18-5-3-2-4-6-18/h2-11H,12-15H2,1H3,(H,23,25)/p+1. The molecule has 1 atom stereocenters. The van der Waals surface area contributed by atoms with Gasteiger partial charge in [0.05, 0.1) is 9.75 Å². The fraction of sp³-hybridized carbons (Fsp3) is 0.227. The molecule has 1 aliphatic heterocycles. The number of aryl methyl sites for hydroxylation is 1. The maximum Gasteiger partial charge on any atom is 0.261 e. The average molecular weight is 364 g/mol. The van der Waals surface area contributed by atoms with Crippen LogP contribution in [0.15, 0.2) is 60.7 Å². The third-order valence-electron chi connectivity index (χ3n) is 4.84. The summed E-state index contributed by atoms with van der Waals surface area (Å²) in [6, 6.07) is 21.0. The molecular weight excluding hydrogens is 340 g/mol. The summed E-state index contributed by atoms with van der Waals surface area (Å²) >= 11 is 1.65. The molecule has 0 radical (unpaired) electrons. The molecular formula is C22H23N2OS+. The minimum atomic E-state index is 0.0367. The van der Waals surface area contributed by atoms with Gasteiger partial charge in [0.25, 0.3) is 5.91 Å². The molecule has 0 bridgehead atoms. The highest BCUT2D eigenvalue weighted by atomic mass is 32.1. The highest BCUT2D eigenvalue weighted by Gasteiger charge is 2.27. The Kier molecular flexibility index (Phi) is 4.87. The van der Waals surface area contributed by atoms with Gasteiger partial charge in [0.2, 0.25) is 0 Å². The first-order chi connectivity index (χ1) is 12.7. The van der Waals surface area contributed by atoms with Gasteiger partial charge in [-0.1, -0.05) is 60.2 Å². The van der Waals surface area contributed by atoms with Gasteiger partial charge >= 0.3 is 0 Å². The molecule has 4 heteroatoms. The van der Waals surface area contributed by atoms with Gasteiger partial charge in [0.1, 0.15) is 19.6 Å². The highest BCUT2D eigenvalue weighted by Crippen LogP contribution is 2.24. The third kappa shape index (κ3) is 3.87. The van der Waals surface area contributed by atoms with Gasteiger partial charge < -0.3 is 10.2 Å². The summed E-state index contributed by atoms with van der Waals surface area (Å²) in [6.45, 7) is 5.70. The predicted octanol–water partition coefficient (Wildman–Crippen LogP) is 3.09. The summed E-state index contributed by atoms with van der Waals surface area (Å²) in [5.41, 5.74) is 5.07. The van der Waals surface area contributed by atoms with Crippen molar-refractivity contribution in [3.8, 4) is 0 Å². The maximum absolute atomic E-state index is 12.5. The number of amides is 1. The smallest absolute Gasteiger partial charge is 0.261 e. The molecule has 1 aromatic heterocycles. The van der Waals surface area contributed by atoms with Crippen LogP contribution >= 0.6 is 11.3 Å². The SMILES string of the molecule is Cc1ccc(CNC(=O)c2cc3c(s2)C[NH+](Cc2ccccc2)C3)cc1. The van der Waals surface area contributed by atoms with E-state index < -0.39 is 0 Å². The Balaban J connectivity index is 1.34. The molecule has 0 aliphatic carbocycles. The van der Waals surface area contributed by atoms with E-state index in [1.54, 1.807) is 16.2 Å². The van der Waals surface area contributed by atoms with Crippen molar-refractivity contribution in [3.05, 3.63) is 92.7 Å². The van der Waals surface area contributed by atoms with Crippen molar-refractivity contribution in [1.29, 1.82) is 0 Å². The van der Waals surface area contributed by atoms with E-state index in [0.717, 1.165) is 30.1 Å². The molecule has 0 saturated carbocycles. The Morgan fingerprint density at radius 2 is 1.81 bits per heavy atom. The summed E-state index contributed by atoms with van der Waals surface area (Å²) in [7, 11) is 0. The van der Waals surface area contributed by atoms with E-state index in [4.69, 9.17) is 0 Å². The number of fused-ring (bicyclic) bond motifs is 1. The Hall–Kier alpha value is -2.43. The molecule has 4 rings (SSSR count). The van der Waals surface area contributed by atoms with Crippen molar-refractivity contribution < 1.29 is 9.69 Å². The molecule has 0 saturated heterocycles. The molecule has 0 fully saturated rings. The molecule has 1 unspecified atom stereocenters. The summed E-state index contributed by atoms with van der Waals surface area (Å²) in [5, 5.41) is 3.04. The number of rotatable bonds is 5. The fourth-order valence-electron chi connectivity index (χ4n) is 3.42. The van der Waals surface area contributed by atoms with Gasteiger partial charge in [0.15, 0.2) is 0 Å². The zero-order valence-electron chi connectivity index (χ0n) is 14.9. The van der Waals surface area contributed by atoms with E-state index in [9.17, 15) is 4.79 Å². The average Bonchev–Trinajstić information content (AvgIpc) is 3.20. The quantitative estimate of drug-likeness (QED) is 0.718. The third-order valence-corrected chi connectivity index (χ3v) is 6.02. The Labute approximate surface area is 158 Å². The van der Waals surface area contributed by atoms with Crippen LogP contribution in [0.5, 0.6) is 0 Å². The predicted molar refractivity (Wildman–Crippen MR) is 105 cm³/mol. The zero-order chi connectivity index (χ0) is 17.9.